The number of H-pyrrole nitrogens is 1. The van der Waals surface area contributed by atoms with Crippen LogP contribution >= 0.6 is 0 Å². The summed E-state index contributed by atoms with van der Waals surface area (Å²) in [6.07, 6.45) is 5.40. The largest absolute Gasteiger partial charge is 0.353 e. The zero-order chi connectivity index (χ0) is 18.3. The highest BCUT2D eigenvalue weighted by Crippen LogP contribution is 2.28. The number of anilines is 1. The minimum atomic E-state index is -0.0950. The average molecular weight is 354 g/mol. The van der Waals surface area contributed by atoms with Gasteiger partial charge in [-0.3, -0.25) is 9.89 Å². The predicted molar refractivity (Wildman–Crippen MR) is 99.5 cm³/mol. The number of carbonyl (C=O) groups excluding carboxylic acids is 1. The van der Waals surface area contributed by atoms with Crippen LogP contribution < -0.4 is 10.2 Å². The van der Waals surface area contributed by atoms with Crippen molar-refractivity contribution in [1.29, 1.82) is 0 Å². The first-order chi connectivity index (χ1) is 12.5. The molecule has 0 saturated heterocycles. The minimum Gasteiger partial charge on any atom is -0.353 e. The Hall–Kier alpha value is -2.44. The maximum absolute atomic E-state index is 12.3. The molecule has 26 heavy (non-hydrogen) atoms. The first kappa shape index (κ1) is 17.0. The number of aromatic nitrogens is 4. The van der Waals surface area contributed by atoms with E-state index in [4.69, 9.17) is 4.98 Å². The summed E-state index contributed by atoms with van der Waals surface area (Å²) >= 11 is 0. The van der Waals surface area contributed by atoms with E-state index in [0.29, 0.717) is 24.6 Å². The fourth-order valence-corrected chi connectivity index (χ4v) is 3.85. The molecule has 0 spiro atoms. The van der Waals surface area contributed by atoms with Crippen LogP contribution in [0.5, 0.6) is 0 Å². The van der Waals surface area contributed by atoms with Gasteiger partial charge in [-0.05, 0) is 37.7 Å². The van der Waals surface area contributed by atoms with Gasteiger partial charge in [-0.25, -0.2) is 9.97 Å². The van der Waals surface area contributed by atoms with Crippen molar-refractivity contribution in [2.75, 3.05) is 18.5 Å². The molecule has 2 aliphatic rings. The lowest BCUT2D eigenvalue weighted by Gasteiger charge is -2.26. The summed E-state index contributed by atoms with van der Waals surface area (Å²) in [7, 11) is 2.03. The molecule has 0 saturated carbocycles. The number of nitrogens with one attached hydrogen (secondary N) is 2. The summed E-state index contributed by atoms with van der Waals surface area (Å²) in [6, 6.07) is 0. The number of amides is 1. The summed E-state index contributed by atoms with van der Waals surface area (Å²) in [5.74, 6) is 1.65. The van der Waals surface area contributed by atoms with E-state index in [1.165, 1.54) is 24.1 Å². The van der Waals surface area contributed by atoms with Gasteiger partial charge in [0.1, 0.15) is 17.3 Å². The average Bonchev–Trinajstić information content (AvgIpc) is 3.04. The topological polar surface area (TPSA) is 86.8 Å². The Morgan fingerprint density at radius 1 is 1.12 bits per heavy atom. The van der Waals surface area contributed by atoms with Crippen LogP contribution in [0.2, 0.25) is 0 Å². The number of nitrogens with zero attached hydrogens (tertiary/aromatic N) is 4. The van der Waals surface area contributed by atoms with E-state index in [0.717, 1.165) is 36.3 Å². The molecule has 0 radical (unpaired) electrons. The van der Waals surface area contributed by atoms with Gasteiger partial charge in [-0.2, -0.15) is 5.10 Å². The Kier molecular flexibility index (Phi) is 4.38. The summed E-state index contributed by atoms with van der Waals surface area (Å²) in [5.41, 5.74) is 5.23. The van der Waals surface area contributed by atoms with Crippen LogP contribution in [-0.2, 0) is 25.8 Å². The monoisotopic (exact) mass is 354 g/mol. The van der Waals surface area contributed by atoms with E-state index in [9.17, 15) is 4.79 Å². The Balaban J connectivity index is 1.70. The molecule has 7 nitrogen and oxygen atoms in total. The third-order valence-electron chi connectivity index (χ3n) is 5.29. The van der Waals surface area contributed by atoms with Crippen LogP contribution in [0.15, 0.2) is 0 Å². The standard InChI is InChI=1S/C19H26N6O/c1-11(2)17-21-16-13(8-9-20-19(16)26)18(22-17)25(3)10-15-12-6-4-5-7-14(12)23-24-15/h11H,4-10H2,1-3H3,(H,20,26)(H,23,24). The van der Waals surface area contributed by atoms with E-state index in [2.05, 4.69) is 39.2 Å². The number of hydrogen-bond acceptors (Lipinski definition) is 5. The molecule has 4 rings (SSSR count). The van der Waals surface area contributed by atoms with Crippen LogP contribution in [-0.4, -0.2) is 39.7 Å². The third kappa shape index (κ3) is 2.95. The van der Waals surface area contributed by atoms with Gasteiger partial charge < -0.3 is 10.2 Å². The van der Waals surface area contributed by atoms with Gasteiger partial charge in [0.05, 0.1) is 12.2 Å². The molecule has 0 atom stereocenters. The van der Waals surface area contributed by atoms with Crippen LogP contribution in [0.25, 0.3) is 0 Å². The lowest BCUT2D eigenvalue weighted by atomic mass is 9.96. The van der Waals surface area contributed by atoms with E-state index in [-0.39, 0.29) is 11.8 Å². The summed E-state index contributed by atoms with van der Waals surface area (Å²) in [5, 5.41) is 10.7. The zero-order valence-corrected chi connectivity index (χ0v) is 15.7. The molecule has 3 heterocycles. The molecular weight excluding hydrogens is 328 g/mol. The second-order valence-corrected chi connectivity index (χ2v) is 7.58. The second kappa shape index (κ2) is 6.70. The number of fused-ring (bicyclic) bond motifs is 2. The highest BCUT2D eigenvalue weighted by Gasteiger charge is 2.27. The SMILES string of the molecule is CC(C)c1nc2c(c(N(C)Cc3n[nH]c4c3CCCC4)n1)CCNC2=O. The zero-order valence-electron chi connectivity index (χ0n) is 15.7. The minimum absolute atomic E-state index is 0.0950. The fraction of sp³-hybridized carbons (Fsp3) is 0.579. The Labute approximate surface area is 153 Å². The second-order valence-electron chi connectivity index (χ2n) is 7.58. The van der Waals surface area contributed by atoms with E-state index < -0.39 is 0 Å². The molecule has 1 amide bonds. The van der Waals surface area contributed by atoms with Crippen molar-refractivity contribution in [2.24, 2.45) is 0 Å². The van der Waals surface area contributed by atoms with E-state index in [1.54, 1.807) is 0 Å². The Morgan fingerprint density at radius 3 is 2.73 bits per heavy atom. The number of hydrogen-bond donors (Lipinski definition) is 2. The molecule has 0 aromatic carbocycles. The van der Waals surface area contributed by atoms with Gasteiger partial charge in [0.15, 0.2) is 0 Å². The molecule has 2 aromatic heterocycles. The number of aryl methyl sites for hydroxylation is 1. The molecule has 1 aliphatic carbocycles. The maximum atomic E-state index is 12.3. The van der Waals surface area contributed by atoms with Crippen molar-refractivity contribution in [2.45, 2.75) is 58.4 Å². The van der Waals surface area contributed by atoms with Crippen molar-refractivity contribution < 1.29 is 4.79 Å². The highest BCUT2D eigenvalue weighted by molar-refractivity contribution is 5.96. The van der Waals surface area contributed by atoms with Crippen molar-refractivity contribution in [3.8, 4) is 0 Å². The predicted octanol–water partition coefficient (Wildman–Crippen LogP) is 2.12. The summed E-state index contributed by atoms with van der Waals surface area (Å²) in [4.78, 5) is 23.8. The van der Waals surface area contributed by atoms with Gasteiger partial charge in [0, 0.05) is 30.8 Å². The van der Waals surface area contributed by atoms with Gasteiger partial charge in [-0.15, -0.1) is 0 Å². The van der Waals surface area contributed by atoms with Crippen LogP contribution in [0.1, 0.15) is 71.4 Å². The molecular formula is C19H26N6O. The number of rotatable bonds is 4. The molecule has 0 bridgehead atoms. The lowest BCUT2D eigenvalue weighted by Crippen LogP contribution is -2.35. The molecule has 0 unspecified atom stereocenters. The van der Waals surface area contributed by atoms with Crippen molar-refractivity contribution in [1.82, 2.24) is 25.5 Å². The van der Waals surface area contributed by atoms with Crippen LogP contribution in [0, 0.1) is 0 Å². The quantitative estimate of drug-likeness (QED) is 0.878. The lowest BCUT2D eigenvalue weighted by molar-refractivity contribution is 0.0940. The van der Waals surface area contributed by atoms with Crippen molar-refractivity contribution in [3.05, 3.63) is 34.0 Å². The molecule has 7 heteroatoms. The molecule has 0 fully saturated rings. The van der Waals surface area contributed by atoms with Gasteiger partial charge in [-0.1, -0.05) is 13.8 Å². The van der Waals surface area contributed by atoms with Gasteiger partial charge in [0.25, 0.3) is 5.91 Å². The normalized spacial score (nSPS) is 16.2. The van der Waals surface area contributed by atoms with Crippen LogP contribution in [0.3, 0.4) is 0 Å². The summed E-state index contributed by atoms with van der Waals surface area (Å²) < 4.78 is 0. The van der Waals surface area contributed by atoms with Gasteiger partial charge in [0.2, 0.25) is 0 Å². The van der Waals surface area contributed by atoms with Crippen molar-refractivity contribution in [3.63, 3.8) is 0 Å². The first-order valence-electron chi connectivity index (χ1n) is 9.49. The Morgan fingerprint density at radius 2 is 1.92 bits per heavy atom. The number of carbonyl (C=O) groups is 1. The smallest absolute Gasteiger partial charge is 0.270 e. The maximum Gasteiger partial charge on any atom is 0.270 e. The molecule has 2 N–H and O–H groups in total. The van der Waals surface area contributed by atoms with Gasteiger partial charge >= 0.3 is 0 Å². The summed E-state index contributed by atoms with van der Waals surface area (Å²) in [6.45, 7) is 5.43. The fourth-order valence-electron chi connectivity index (χ4n) is 3.85. The van der Waals surface area contributed by atoms with E-state index in [1.807, 2.05) is 7.05 Å². The molecule has 2 aromatic rings. The van der Waals surface area contributed by atoms with E-state index >= 15 is 0 Å². The van der Waals surface area contributed by atoms with Crippen molar-refractivity contribution >= 4 is 11.7 Å². The van der Waals surface area contributed by atoms with Crippen LogP contribution in [0.4, 0.5) is 5.82 Å². The molecule has 138 valence electrons. The first-order valence-corrected chi connectivity index (χ1v) is 9.49. The highest BCUT2D eigenvalue weighted by atomic mass is 16.1. The Bertz CT molecular complexity index is 841. The third-order valence-corrected chi connectivity index (χ3v) is 5.29. The number of aromatic amines is 1. The molecule has 1 aliphatic heterocycles.